The molecular formula is C16H22ClNO5S. The van der Waals surface area contributed by atoms with Gasteiger partial charge in [0, 0.05) is 6.04 Å². The van der Waals surface area contributed by atoms with Crippen LogP contribution in [0.5, 0.6) is 5.75 Å². The minimum absolute atomic E-state index is 0.0442. The molecule has 1 aliphatic rings. The molecule has 24 heavy (non-hydrogen) atoms. The highest BCUT2D eigenvalue weighted by Crippen LogP contribution is 2.31. The Kier molecular flexibility index (Phi) is 6.48. The Hall–Kier alpha value is -1.31. The molecule has 0 aliphatic heterocycles. The van der Waals surface area contributed by atoms with Gasteiger partial charge in [-0.3, -0.25) is 4.79 Å². The van der Waals surface area contributed by atoms with Crippen LogP contribution >= 0.6 is 11.6 Å². The molecule has 1 aromatic rings. The maximum Gasteiger partial charge on any atom is 0.321 e. The molecule has 0 amide bonds. The minimum Gasteiger partial charge on any atom is -0.495 e. The monoisotopic (exact) mass is 375 g/mol. The van der Waals surface area contributed by atoms with Crippen molar-refractivity contribution in [3.05, 3.63) is 23.2 Å². The molecule has 0 N–H and O–H groups in total. The van der Waals surface area contributed by atoms with Gasteiger partial charge in [0.1, 0.15) is 12.3 Å². The second kappa shape index (κ2) is 8.18. The van der Waals surface area contributed by atoms with E-state index in [0.29, 0.717) is 5.75 Å². The number of ether oxygens (including phenoxy) is 2. The third-order valence-corrected chi connectivity index (χ3v) is 6.41. The van der Waals surface area contributed by atoms with Gasteiger partial charge in [-0.15, -0.1) is 0 Å². The lowest BCUT2D eigenvalue weighted by Gasteiger charge is -2.32. The number of rotatable bonds is 6. The topological polar surface area (TPSA) is 72.9 Å². The summed E-state index contributed by atoms with van der Waals surface area (Å²) in [6.45, 7) is -0.298. The van der Waals surface area contributed by atoms with E-state index < -0.39 is 16.0 Å². The Morgan fingerprint density at radius 2 is 1.92 bits per heavy atom. The lowest BCUT2D eigenvalue weighted by atomic mass is 9.95. The first-order valence-electron chi connectivity index (χ1n) is 7.82. The van der Waals surface area contributed by atoms with Crippen molar-refractivity contribution in [2.24, 2.45) is 0 Å². The molecule has 0 saturated heterocycles. The minimum atomic E-state index is -3.86. The molecule has 1 aromatic carbocycles. The SMILES string of the molecule is COC(=O)CN(C1CCCCC1)S(=O)(=O)c1ccc(OC)c(Cl)c1. The Balaban J connectivity index is 2.38. The number of halogens is 1. The van der Waals surface area contributed by atoms with E-state index in [9.17, 15) is 13.2 Å². The lowest BCUT2D eigenvalue weighted by Crippen LogP contribution is -2.44. The predicted octanol–water partition coefficient (Wildman–Crippen LogP) is 2.85. The van der Waals surface area contributed by atoms with Crippen LogP contribution in [0.2, 0.25) is 5.02 Å². The highest BCUT2D eigenvalue weighted by Gasteiger charge is 2.34. The van der Waals surface area contributed by atoms with Crippen LogP contribution in [-0.2, 0) is 19.6 Å². The van der Waals surface area contributed by atoms with Crippen molar-refractivity contribution in [3.63, 3.8) is 0 Å². The number of hydrogen-bond donors (Lipinski definition) is 0. The maximum absolute atomic E-state index is 13.1. The fourth-order valence-corrected chi connectivity index (χ4v) is 4.89. The molecule has 0 spiro atoms. The van der Waals surface area contributed by atoms with Crippen molar-refractivity contribution in [1.82, 2.24) is 4.31 Å². The van der Waals surface area contributed by atoms with Crippen molar-refractivity contribution < 1.29 is 22.7 Å². The number of methoxy groups -OCH3 is 2. The summed E-state index contributed by atoms with van der Waals surface area (Å²) in [7, 11) is -1.15. The first kappa shape index (κ1) is 19.0. The summed E-state index contributed by atoms with van der Waals surface area (Å²) in [4.78, 5) is 11.8. The van der Waals surface area contributed by atoms with Crippen molar-refractivity contribution in [2.75, 3.05) is 20.8 Å². The Bertz CT molecular complexity index is 686. The fraction of sp³-hybridized carbons (Fsp3) is 0.562. The van der Waals surface area contributed by atoms with Crippen molar-refractivity contribution in [2.45, 2.75) is 43.0 Å². The highest BCUT2D eigenvalue weighted by atomic mass is 35.5. The van der Waals surface area contributed by atoms with E-state index in [4.69, 9.17) is 16.3 Å². The standard InChI is InChI=1S/C16H22ClNO5S/c1-22-15-9-8-13(10-14(15)17)24(20,21)18(11-16(19)23-2)12-6-4-3-5-7-12/h8-10,12H,3-7,11H2,1-2H3. The molecule has 1 fully saturated rings. The number of sulfonamides is 1. The van der Waals surface area contributed by atoms with E-state index >= 15 is 0 Å². The van der Waals surface area contributed by atoms with Gasteiger partial charge in [0.05, 0.1) is 24.1 Å². The van der Waals surface area contributed by atoms with Gasteiger partial charge in [0.2, 0.25) is 10.0 Å². The number of benzene rings is 1. The molecule has 0 radical (unpaired) electrons. The van der Waals surface area contributed by atoms with E-state index in [1.807, 2.05) is 0 Å². The summed E-state index contributed by atoms with van der Waals surface area (Å²) < 4.78 is 37.1. The van der Waals surface area contributed by atoms with Crippen LogP contribution in [0.1, 0.15) is 32.1 Å². The van der Waals surface area contributed by atoms with Crippen LogP contribution in [0.4, 0.5) is 0 Å². The van der Waals surface area contributed by atoms with Crippen molar-refractivity contribution >= 4 is 27.6 Å². The average Bonchev–Trinajstić information content (AvgIpc) is 2.59. The molecule has 0 unspecified atom stereocenters. The summed E-state index contributed by atoms with van der Waals surface area (Å²) in [5, 5.41) is 0.209. The maximum atomic E-state index is 13.1. The molecular weight excluding hydrogens is 354 g/mol. The first-order chi connectivity index (χ1) is 11.4. The molecule has 1 aliphatic carbocycles. The van der Waals surface area contributed by atoms with Gasteiger partial charge in [-0.05, 0) is 31.0 Å². The van der Waals surface area contributed by atoms with Crippen molar-refractivity contribution in [1.29, 1.82) is 0 Å². The molecule has 0 heterocycles. The largest absolute Gasteiger partial charge is 0.495 e. The quantitative estimate of drug-likeness (QED) is 0.715. The zero-order chi connectivity index (χ0) is 17.7. The van der Waals surface area contributed by atoms with Gasteiger partial charge in [-0.1, -0.05) is 30.9 Å². The van der Waals surface area contributed by atoms with Crippen LogP contribution in [0, 0.1) is 0 Å². The highest BCUT2D eigenvalue weighted by molar-refractivity contribution is 7.89. The molecule has 8 heteroatoms. The normalized spacial score (nSPS) is 16.2. The van der Waals surface area contributed by atoms with Crippen LogP contribution in [-0.4, -0.2) is 45.5 Å². The first-order valence-corrected chi connectivity index (χ1v) is 9.64. The zero-order valence-electron chi connectivity index (χ0n) is 13.8. The molecule has 0 aromatic heterocycles. The van der Waals surface area contributed by atoms with E-state index in [2.05, 4.69) is 4.74 Å². The fourth-order valence-electron chi connectivity index (χ4n) is 2.91. The van der Waals surface area contributed by atoms with Crippen LogP contribution in [0.3, 0.4) is 0 Å². The van der Waals surface area contributed by atoms with Gasteiger partial charge >= 0.3 is 5.97 Å². The molecule has 0 bridgehead atoms. The van der Waals surface area contributed by atoms with Gasteiger partial charge in [0.15, 0.2) is 0 Å². The third-order valence-electron chi connectivity index (χ3n) is 4.22. The van der Waals surface area contributed by atoms with Crippen LogP contribution < -0.4 is 4.74 Å². The van der Waals surface area contributed by atoms with Gasteiger partial charge < -0.3 is 9.47 Å². The van der Waals surface area contributed by atoms with Gasteiger partial charge in [-0.25, -0.2) is 8.42 Å². The Morgan fingerprint density at radius 3 is 2.46 bits per heavy atom. The van der Waals surface area contributed by atoms with E-state index in [1.54, 1.807) is 0 Å². The number of nitrogens with zero attached hydrogens (tertiary/aromatic N) is 1. The second-order valence-electron chi connectivity index (χ2n) is 5.71. The van der Waals surface area contributed by atoms with Gasteiger partial charge in [0.25, 0.3) is 0 Å². The van der Waals surface area contributed by atoms with E-state index in [1.165, 1.54) is 36.7 Å². The summed E-state index contributed by atoms with van der Waals surface area (Å²) in [5.41, 5.74) is 0. The van der Waals surface area contributed by atoms with Crippen molar-refractivity contribution in [3.8, 4) is 5.75 Å². The smallest absolute Gasteiger partial charge is 0.321 e. The summed E-state index contributed by atoms with van der Waals surface area (Å²) >= 11 is 6.06. The average molecular weight is 376 g/mol. The zero-order valence-corrected chi connectivity index (χ0v) is 15.4. The molecule has 0 atom stereocenters. The number of carbonyl (C=O) groups is 1. The lowest BCUT2D eigenvalue weighted by molar-refractivity contribution is -0.141. The van der Waals surface area contributed by atoms with E-state index in [0.717, 1.165) is 32.1 Å². The number of hydrogen-bond acceptors (Lipinski definition) is 5. The van der Waals surface area contributed by atoms with Crippen LogP contribution in [0.25, 0.3) is 0 Å². The van der Waals surface area contributed by atoms with E-state index in [-0.39, 0.29) is 22.5 Å². The predicted molar refractivity (Wildman–Crippen MR) is 90.8 cm³/mol. The Morgan fingerprint density at radius 1 is 1.25 bits per heavy atom. The second-order valence-corrected chi connectivity index (χ2v) is 8.01. The summed E-state index contributed by atoms with van der Waals surface area (Å²) in [5.74, 6) is -0.184. The Labute approximate surface area is 147 Å². The summed E-state index contributed by atoms with van der Waals surface area (Å²) in [6, 6.07) is 4.09. The molecule has 6 nitrogen and oxygen atoms in total. The summed E-state index contributed by atoms with van der Waals surface area (Å²) in [6.07, 6.45) is 4.44. The van der Waals surface area contributed by atoms with Gasteiger partial charge in [-0.2, -0.15) is 4.31 Å². The third kappa shape index (κ3) is 4.20. The van der Waals surface area contributed by atoms with Crippen LogP contribution in [0.15, 0.2) is 23.1 Å². The molecule has 1 saturated carbocycles. The molecule has 2 rings (SSSR count). The number of carbonyl (C=O) groups excluding carboxylic acids is 1. The molecule has 134 valence electrons. The number of esters is 1.